The van der Waals surface area contributed by atoms with Crippen molar-refractivity contribution in [2.45, 2.75) is 31.7 Å². The number of hydrogen-bond donors (Lipinski definition) is 1. The summed E-state index contributed by atoms with van der Waals surface area (Å²) in [6.07, 6.45) is 3.74. The molecule has 2 saturated heterocycles. The van der Waals surface area contributed by atoms with Crippen molar-refractivity contribution in [2.75, 3.05) is 24.6 Å². The quantitative estimate of drug-likeness (QED) is 0.778. The Labute approximate surface area is 98.5 Å². The van der Waals surface area contributed by atoms with Crippen molar-refractivity contribution in [3.8, 4) is 0 Å². The molecule has 0 aliphatic carbocycles. The molecule has 1 N–H and O–H groups in total. The fraction of sp³-hybridized carbons (Fsp3) is 0.909. The van der Waals surface area contributed by atoms with Gasteiger partial charge >= 0.3 is 5.97 Å². The average Bonchev–Trinajstić information content (AvgIpc) is 2.30. The highest BCUT2D eigenvalue weighted by molar-refractivity contribution is 7.85. The number of piperidine rings is 1. The minimum atomic E-state index is -0.663. The maximum atomic E-state index is 11.3. The topological polar surface area (TPSA) is 57.6 Å². The Kier molecular flexibility index (Phi) is 3.97. The van der Waals surface area contributed by atoms with Crippen LogP contribution in [0.15, 0.2) is 0 Å². The molecule has 0 unspecified atom stereocenters. The van der Waals surface area contributed by atoms with Crippen LogP contribution in [-0.2, 0) is 15.6 Å². The molecule has 2 fully saturated rings. The van der Waals surface area contributed by atoms with Gasteiger partial charge in [0.25, 0.3) is 0 Å². The number of carbonyl (C=O) groups is 1. The Balaban J connectivity index is 1.89. The van der Waals surface area contributed by atoms with Gasteiger partial charge in [-0.25, -0.2) is 0 Å². The second-order valence-electron chi connectivity index (χ2n) is 4.75. The van der Waals surface area contributed by atoms with Crippen molar-refractivity contribution in [2.24, 2.45) is 5.92 Å². The van der Waals surface area contributed by atoms with Crippen LogP contribution in [0.3, 0.4) is 0 Å². The molecule has 0 spiro atoms. The van der Waals surface area contributed by atoms with E-state index in [0.29, 0.717) is 12.6 Å². The molecular weight excluding hydrogens is 226 g/mol. The first kappa shape index (κ1) is 12.0. The molecule has 4 nitrogen and oxygen atoms in total. The molecule has 1 atom stereocenters. The molecule has 0 saturated carbocycles. The van der Waals surface area contributed by atoms with Crippen LogP contribution in [0.4, 0.5) is 0 Å². The van der Waals surface area contributed by atoms with E-state index in [1.807, 2.05) is 0 Å². The Morgan fingerprint density at radius 3 is 2.56 bits per heavy atom. The van der Waals surface area contributed by atoms with Gasteiger partial charge in [-0.05, 0) is 32.2 Å². The van der Waals surface area contributed by atoms with Crippen molar-refractivity contribution >= 4 is 16.8 Å². The number of carboxylic acids is 1. The Bertz CT molecular complexity index is 285. The summed E-state index contributed by atoms with van der Waals surface area (Å²) in [6.45, 7) is 1.70. The molecule has 5 heteroatoms. The zero-order valence-corrected chi connectivity index (χ0v) is 10.2. The molecule has 92 valence electrons. The molecule has 0 aromatic carbocycles. The summed E-state index contributed by atoms with van der Waals surface area (Å²) in [5.41, 5.74) is 0. The molecule has 16 heavy (non-hydrogen) atoms. The van der Waals surface area contributed by atoms with Gasteiger partial charge in [-0.3, -0.25) is 13.9 Å². The van der Waals surface area contributed by atoms with E-state index in [1.165, 1.54) is 0 Å². The molecule has 0 radical (unpaired) electrons. The predicted octanol–water partition coefficient (Wildman–Crippen LogP) is 0.694. The number of nitrogens with zero attached hydrogens (tertiary/aromatic N) is 1. The van der Waals surface area contributed by atoms with Gasteiger partial charge in [0.05, 0.1) is 5.92 Å². The fourth-order valence-electron chi connectivity index (χ4n) is 2.69. The molecule has 2 heterocycles. The van der Waals surface area contributed by atoms with Crippen LogP contribution in [0.2, 0.25) is 0 Å². The van der Waals surface area contributed by atoms with Gasteiger partial charge in [0.2, 0.25) is 0 Å². The van der Waals surface area contributed by atoms with E-state index in [0.717, 1.165) is 43.7 Å². The first-order valence-electron chi connectivity index (χ1n) is 5.98. The number of carboxylic acid groups (broad SMARTS) is 1. The lowest BCUT2D eigenvalue weighted by Gasteiger charge is -2.38. The smallest absolute Gasteiger partial charge is 0.307 e. The summed E-state index contributed by atoms with van der Waals surface area (Å²) in [5, 5.41) is 9.02. The molecule has 0 amide bonds. The Morgan fingerprint density at radius 1 is 1.25 bits per heavy atom. The largest absolute Gasteiger partial charge is 0.481 e. The second kappa shape index (κ2) is 5.27. The highest BCUT2D eigenvalue weighted by atomic mass is 32.2. The van der Waals surface area contributed by atoms with Crippen LogP contribution in [0.5, 0.6) is 0 Å². The van der Waals surface area contributed by atoms with Crippen molar-refractivity contribution in [1.29, 1.82) is 0 Å². The van der Waals surface area contributed by atoms with E-state index in [-0.39, 0.29) is 5.92 Å². The van der Waals surface area contributed by atoms with Gasteiger partial charge in [-0.1, -0.05) is 0 Å². The molecule has 0 aromatic heterocycles. The van der Waals surface area contributed by atoms with E-state index in [1.54, 1.807) is 0 Å². The lowest BCUT2D eigenvalue weighted by Crippen LogP contribution is -2.47. The van der Waals surface area contributed by atoms with Crippen molar-refractivity contribution in [1.82, 2.24) is 4.90 Å². The van der Waals surface area contributed by atoms with E-state index < -0.39 is 16.8 Å². The van der Waals surface area contributed by atoms with Crippen molar-refractivity contribution in [3.63, 3.8) is 0 Å². The summed E-state index contributed by atoms with van der Waals surface area (Å²) in [4.78, 5) is 13.3. The van der Waals surface area contributed by atoms with Gasteiger partial charge in [0.15, 0.2) is 0 Å². The minimum absolute atomic E-state index is 0.193. The van der Waals surface area contributed by atoms with Crippen LogP contribution in [-0.4, -0.2) is 50.8 Å². The highest BCUT2D eigenvalue weighted by Gasteiger charge is 2.31. The number of rotatable bonds is 2. The van der Waals surface area contributed by atoms with Gasteiger partial charge in [0.1, 0.15) is 0 Å². The summed E-state index contributed by atoms with van der Waals surface area (Å²) in [7, 11) is -0.626. The van der Waals surface area contributed by atoms with Crippen molar-refractivity contribution in [3.05, 3.63) is 0 Å². The third-order valence-corrected chi connectivity index (χ3v) is 5.06. The van der Waals surface area contributed by atoms with Gasteiger partial charge < -0.3 is 5.11 Å². The normalized spacial score (nSPS) is 37.1. The summed E-state index contributed by atoms with van der Waals surface area (Å²) in [6, 6.07) is 0.472. The lowest BCUT2D eigenvalue weighted by molar-refractivity contribution is -0.144. The van der Waals surface area contributed by atoms with E-state index in [4.69, 9.17) is 5.11 Å². The summed E-state index contributed by atoms with van der Waals surface area (Å²) >= 11 is 0. The molecule has 0 bridgehead atoms. The fourth-order valence-corrected chi connectivity index (χ4v) is 3.96. The second-order valence-corrected chi connectivity index (χ2v) is 6.45. The monoisotopic (exact) mass is 245 g/mol. The first-order valence-corrected chi connectivity index (χ1v) is 7.47. The molecule has 2 aliphatic heterocycles. The number of hydrogen-bond acceptors (Lipinski definition) is 3. The van der Waals surface area contributed by atoms with Crippen LogP contribution in [0.25, 0.3) is 0 Å². The first-order chi connectivity index (χ1) is 7.66. The zero-order valence-electron chi connectivity index (χ0n) is 9.43. The third-order valence-electron chi connectivity index (χ3n) is 3.68. The number of aliphatic carboxylic acids is 1. The average molecular weight is 245 g/mol. The standard InChI is InChI=1S/C11H19NO3S/c13-11(14)9-2-1-5-12(8-9)10-3-6-16(15)7-4-10/h9-10H,1-8H2,(H,13,14)/t9-,10?,16?/m1/s1. The molecule has 2 aliphatic rings. The zero-order chi connectivity index (χ0) is 11.5. The minimum Gasteiger partial charge on any atom is -0.481 e. The van der Waals surface area contributed by atoms with Crippen LogP contribution >= 0.6 is 0 Å². The maximum absolute atomic E-state index is 11.3. The maximum Gasteiger partial charge on any atom is 0.307 e. The number of likely N-dealkylation sites (tertiary alicyclic amines) is 1. The van der Waals surface area contributed by atoms with Gasteiger partial charge in [0, 0.05) is 34.9 Å². The van der Waals surface area contributed by atoms with E-state index in [2.05, 4.69) is 4.90 Å². The Morgan fingerprint density at radius 2 is 1.94 bits per heavy atom. The molecule has 2 rings (SSSR count). The van der Waals surface area contributed by atoms with Crippen LogP contribution < -0.4 is 0 Å². The van der Waals surface area contributed by atoms with Crippen molar-refractivity contribution < 1.29 is 14.1 Å². The van der Waals surface area contributed by atoms with Gasteiger partial charge in [-0.15, -0.1) is 0 Å². The highest BCUT2D eigenvalue weighted by Crippen LogP contribution is 2.23. The van der Waals surface area contributed by atoms with E-state index >= 15 is 0 Å². The summed E-state index contributed by atoms with van der Waals surface area (Å²) < 4.78 is 11.3. The third kappa shape index (κ3) is 2.83. The SMILES string of the molecule is O=C(O)[C@@H]1CCCN(C2CCS(=O)CC2)C1. The molecular formula is C11H19NO3S. The van der Waals surface area contributed by atoms with Crippen LogP contribution in [0.1, 0.15) is 25.7 Å². The van der Waals surface area contributed by atoms with Crippen LogP contribution in [0, 0.1) is 5.92 Å². The molecule has 0 aromatic rings. The summed E-state index contributed by atoms with van der Waals surface area (Å²) in [5.74, 6) is 0.725. The Hall–Kier alpha value is -0.420. The van der Waals surface area contributed by atoms with E-state index in [9.17, 15) is 9.00 Å². The predicted molar refractivity (Wildman–Crippen MR) is 62.8 cm³/mol. The van der Waals surface area contributed by atoms with Gasteiger partial charge in [-0.2, -0.15) is 0 Å². The lowest BCUT2D eigenvalue weighted by atomic mass is 9.95.